The van der Waals surface area contributed by atoms with Crippen LogP contribution in [0.5, 0.6) is 17.2 Å². The summed E-state index contributed by atoms with van der Waals surface area (Å²) in [5, 5.41) is 14.0. The van der Waals surface area contributed by atoms with Crippen LogP contribution in [0.1, 0.15) is 35.7 Å². The lowest BCUT2D eigenvalue weighted by molar-refractivity contribution is -0.152. The minimum atomic E-state index is -1.55. The highest BCUT2D eigenvalue weighted by Crippen LogP contribution is 2.30. The smallest absolute Gasteiger partial charge is 0.347 e. The van der Waals surface area contributed by atoms with E-state index in [-0.39, 0.29) is 29.6 Å². The van der Waals surface area contributed by atoms with Crippen molar-refractivity contribution in [3.63, 3.8) is 0 Å². The van der Waals surface area contributed by atoms with Gasteiger partial charge in [0.2, 0.25) is 5.82 Å². The molecule has 0 unspecified atom stereocenters. The van der Waals surface area contributed by atoms with E-state index in [0.29, 0.717) is 27.9 Å². The maximum absolute atomic E-state index is 13.2. The maximum atomic E-state index is 13.2. The van der Waals surface area contributed by atoms with Crippen molar-refractivity contribution in [2.45, 2.75) is 26.1 Å². The Hall–Kier alpha value is -4.37. The van der Waals surface area contributed by atoms with Crippen LogP contribution in [0.3, 0.4) is 0 Å². The van der Waals surface area contributed by atoms with Gasteiger partial charge in [-0.3, -0.25) is 4.79 Å². The second-order valence-corrected chi connectivity index (χ2v) is 8.88. The Kier molecular flexibility index (Phi) is 7.45. The van der Waals surface area contributed by atoms with Gasteiger partial charge in [0.25, 0.3) is 5.89 Å². The van der Waals surface area contributed by atoms with Crippen LogP contribution < -0.4 is 14.2 Å². The van der Waals surface area contributed by atoms with Gasteiger partial charge in [0.15, 0.2) is 18.0 Å². The third kappa shape index (κ3) is 6.07. The van der Waals surface area contributed by atoms with Crippen molar-refractivity contribution in [2.24, 2.45) is 0 Å². The van der Waals surface area contributed by atoms with Crippen LogP contribution >= 0.6 is 11.6 Å². The van der Waals surface area contributed by atoms with Gasteiger partial charge < -0.3 is 23.8 Å². The van der Waals surface area contributed by atoms with Gasteiger partial charge in [0, 0.05) is 22.2 Å². The molecular weight excluding hydrogens is 500 g/mol. The van der Waals surface area contributed by atoms with E-state index >= 15 is 0 Å². The number of benzene rings is 3. The second-order valence-electron chi connectivity index (χ2n) is 8.44. The van der Waals surface area contributed by atoms with E-state index in [4.69, 9.17) is 30.3 Å². The predicted octanol–water partition coefficient (Wildman–Crippen LogP) is 5.45. The van der Waals surface area contributed by atoms with Crippen LogP contribution in [-0.4, -0.2) is 39.7 Å². The molecule has 1 N–H and O–H groups in total. The summed E-state index contributed by atoms with van der Waals surface area (Å²) in [4.78, 5) is 29.1. The Morgan fingerprint density at radius 3 is 2.32 bits per heavy atom. The Morgan fingerprint density at radius 2 is 1.68 bits per heavy atom. The molecule has 0 aliphatic heterocycles. The lowest BCUT2D eigenvalue weighted by Crippen LogP contribution is -2.38. The average Bonchev–Trinajstić information content (AvgIpc) is 3.36. The molecule has 0 spiro atoms. The minimum Gasteiger partial charge on any atom is -0.497 e. The summed E-state index contributed by atoms with van der Waals surface area (Å²) in [5.41, 5.74) is -0.236. The van der Waals surface area contributed by atoms with Crippen LogP contribution in [-0.2, 0) is 11.4 Å². The molecule has 4 rings (SSSR count). The number of hydrogen-bond acceptors (Lipinski definition) is 8. The van der Waals surface area contributed by atoms with Gasteiger partial charge in [-0.1, -0.05) is 16.8 Å². The topological polar surface area (TPSA) is 121 Å². The van der Waals surface area contributed by atoms with E-state index in [1.54, 1.807) is 54.6 Å². The average molecular weight is 523 g/mol. The highest BCUT2D eigenvalue weighted by molar-refractivity contribution is 6.30. The van der Waals surface area contributed by atoms with Gasteiger partial charge in [-0.2, -0.15) is 4.98 Å². The molecule has 10 heteroatoms. The molecule has 4 aromatic rings. The van der Waals surface area contributed by atoms with Gasteiger partial charge >= 0.3 is 5.97 Å². The van der Waals surface area contributed by atoms with Crippen LogP contribution in [0, 0.1) is 0 Å². The van der Waals surface area contributed by atoms with E-state index in [9.17, 15) is 14.7 Å². The lowest BCUT2D eigenvalue weighted by atomic mass is 10.0. The summed E-state index contributed by atoms with van der Waals surface area (Å²) in [5.74, 6) is 0.195. The minimum absolute atomic E-state index is 0.0363. The SMILES string of the molecule is COc1ccc(C(=O)c2ccc(OCc3nc(-c4ccc(Cl)cc4)no3)cc2)c(OC(C)(C)C(=O)O)c1. The first-order valence-corrected chi connectivity index (χ1v) is 11.5. The molecule has 0 aliphatic rings. The molecule has 0 radical (unpaired) electrons. The quantitative estimate of drug-likeness (QED) is 0.271. The molecule has 0 amide bonds. The van der Waals surface area contributed by atoms with Crippen molar-refractivity contribution in [1.29, 1.82) is 0 Å². The van der Waals surface area contributed by atoms with Crippen molar-refractivity contribution < 1.29 is 33.4 Å². The summed E-state index contributed by atoms with van der Waals surface area (Å²) in [6.07, 6.45) is 0. The molecule has 0 saturated heterocycles. The van der Waals surface area contributed by atoms with Crippen LogP contribution in [0.15, 0.2) is 71.3 Å². The Labute approximate surface area is 217 Å². The molecule has 3 aromatic carbocycles. The number of nitrogens with zero attached hydrogens (tertiary/aromatic N) is 2. The fourth-order valence-corrected chi connectivity index (χ4v) is 3.38. The number of carbonyl (C=O) groups excluding carboxylic acids is 1. The molecule has 0 aliphatic carbocycles. The maximum Gasteiger partial charge on any atom is 0.347 e. The zero-order valence-electron chi connectivity index (χ0n) is 20.2. The first-order chi connectivity index (χ1) is 17.7. The molecule has 1 heterocycles. The predicted molar refractivity (Wildman–Crippen MR) is 134 cm³/mol. The standard InChI is InChI=1S/C27H23ClN2O7/c1-27(2,26(32)33)36-22-14-20(34-3)12-13-21(22)24(31)16-6-10-19(11-7-16)35-15-23-29-25(30-37-23)17-4-8-18(28)9-5-17/h4-14H,15H2,1-3H3,(H,32,33). The second kappa shape index (κ2) is 10.7. The monoisotopic (exact) mass is 522 g/mol. The Balaban J connectivity index is 1.46. The number of halogens is 1. The fraction of sp³-hybridized carbons (Fsp3) is 0.185. The highest BCUT2D eigenvalue weighted by Gasteiger charge is 2.31. The molecular formula is C27H23ClN2O7. The van der Waals surface area contributed by atoms with Crippen molar-refractivity contribution in [1.82, 2.24) is 10.1 Å². The number of aliphatic carboxylic acids is 1. The highest BCUT2D eigenvalue weighted by atomic mass is 35.5. The third-order valence-electron chi connectivity index (χ3n) is 5.36. The first-order valence-electron chi connectivity index (χ1n) is 11.1. The number of ketones is 1. The zero-order valence-corrected chi connectivity index (χ0v) is 21.0. The first kappa shape index (κ1) is 25.7. The normalized spacial score (nSPS) is 11.1. The van der Waals surface area contributed by atoms with Crippen molar-refractivity contribution in [3.8, 4) is 28.6 Å². The van der Waals surface area contributed by atoms with E-state index in [0.717, 1.165) is 5.56 Å². The van der Waals surface area contributed by atoms with Gasteiger partial charge in [-0.25, -0.2) is 4.79 Å². The Morgan fingerprint density at radius 1 is 1.00 bits per heavy atom. The zero-order chi connectivity index (χ0) is 26.6. The number of carboxylic acids is 1. The van der Waals surface area contributed by atoms with E-state index in [2.05, 4.69) is 10.1 Å². The van der Waals surface area contributed by atoms with Crippen molar-refractivity contribution in [2.75, 3.05) is 7.11 Å². The fourth-order valence-electron chi connectivity index (χ4n) is 3.25. The summed E-state index contributed by atoms with van der Waals surface area (Å²) in [7, 11) is 1.47. The molecule has 0 saturated carbocycles. The van der Waals surface area contributed by atoms with Gasteiger partial charge in [-0.05, 0) is 74.5 Å². The molecule has 0 bridgehead atoms. The number of carbonyl (C=O) groups is 2. The van der Waals surface area contributed by atoms with E-state index in [1.807, 2.05) is 0 Å². The molecule has 9 nitrogen and oxygen atoms in total. The van der Waals surface area contributed by atoms with Gasteiger partial charge in [0.05, 0.1) is 12.7 Å². The molecule has 0 fully saturated rings. The Bertz CT molecular complexity index is 1410. The third-order valence-corrected chi connectivity index (χ3v) is 5.61. The number of rotatable bonds is 10. The van der Waals surface area contributed by atoms with Crippen molar-refractivity contribution in [3.05, 3.63) is 88.8 Å². The molecule has 37 heavy (non-hydrogen) atoms. The van der Waals surface area contributed by atoms with Crippen LogP contribution in [0.4, 0.5) is 0 Å². The van der Waals surface area contributed by atoms with E-state index in [1.165, 1.54) is 33.1 Å². The van der Waals surface area contributed by atoms with Crippen LogP contribution in [0.2, 0.25) is 5.02 Å². The van der Waals surface area contributed by atoms with E-state index < -0.39 is 11.6 Å². The number of aromatic nitrogens is 2. The van der Waals surface area contributed by atoms with Gasteiger partial charge in [0.1, 0.15) is 17.2 Å². The summed E-state index contributed by atoms with van der Waals surface area (Å²) >= 11 is 5.91. The molecule has 190 valence electrons. The van der Waals surface area contributed by atoms with Gasteiger partial charge in [-0.15, -0.1) is 0 Å². The van der Waals surface area contributed by atoms with Crippen LogP contribution in [0.25, 0.3) is 11.4 Å². The number of carboxylic acid groups (broad SMARTS) is 1. The van der Waals surface area contributed by atoms with Crippen molar-refractivity contribution >= 4 is 23.4 Å². The number of hydrogen-bond donors (Lipinski definition) is 1. The lowest BCUT2D eigenvalue weighted by Gasteiger charge is -2.23. The number of ether oxygens (including phenoxy) is 3. The molecule has 0 atom stereocenters. The molecule has 1 aromatic heterocycles. The summed E-state index contributed by atoms with van der Waals surface area (Å²) in [6.45, 7) is 2.84. The summed E-state index contributed by atoms with van der Waals surface area (Å²) in [6, 6.07) is 18.1. The number of methoxy groups -OCH3 is 1. The largest absolute Gasteiger partial charge is 0.497 e. The summed E-state index contributed by atoms with van der Waals surface area (Å²) < 4.78 is 21.8.